The zero-order chi connectivity index (χ0) is 18.2. The molecule has 0 saturated heterocycles. The molecule has 7 nitrogen and oxygen atoms in total. The van der Waals surface area contributed by atoms with Crippen LogP contribution in [0.1, 0.15) is 18.0 Å². The second-order valence-electron chi connectivity index (χ2n) is 5.73. The van der Waals surface area contributed by atoms with Gasteiger partial charge in [-0.3, -0.25) is 19.5 Å². The van der Waals surface area contributed by atoms with Gasteiger partial charge in [-0.1, -0.05) is 6.07 Å². The van der Waals surface area contributed by atoms with E-state index in [9.17, 15) is 9.59 Å². The number of carbonyl (C=O) groups excluding carboxylic acids is 2. The predicted octanol–water partition coefficient (Wildman–Crippen LogP) is 1.58. The SMILES string of the molecule is CN(C)[C@@H](C(=O)Nc1ccc(OCCC(N)=O)cc1)c1cccnc1. The number of amides is 2. The van der Waals surface area contributed by atoms with E-state index in [0.29, 0.717) is 11.4 Å². The molecule has 3 N–H and O–H groups in total. The highest BCUT2D eigenvalue weighted by atomic mass is 16.5. The van der Waals surface area contributed by atoms with E-state index in [4.69, 9.17) is 10.5 Å². The molecule has 0 radical (unpaired) electrons. The van der Waals surface area contributed by atoms with Crippen molar-refractivity contribution in [3.63, 3.8) is 0 Å². The van der Waals surface area contributed by atoms with Gasteiger partial charge in [0.2, 0.25) is 11.8 Å². The molecule has 2 amide bonds. The Kier molecular flexibility index (Phi) is 6.47. The van der Waals surface area contributed by atoms with Crippen molar-refractivity contribution in [1.29, 1.82) is 0 Å². The number of primary amides is 1. The van der Waals surface area contributed by atoms with Crippen LogP contribution in [0.25, 0.3) is 0 Å². The first kappa shape index (κ1) is 18.4. The standard InChI is InChI=1S/C18H22N4O3/c1-22(2)17(13-4-3-10-20-12-13)18(24)21-14-5-7-15(8-6-14)25-11-9-16(19)23/h3-8,10,12,17H,9,11H2,1-2H3,(H2,19,23)(H,21,24)/t17-/m1/s1. The van der Waals surface area contributed by atoms with Crippen LogP contribution in [0.15, 0.2) is 48.8 Å². The van der Waals surface area contributed by atoms with Crippen molar-refractivity contribution in [2.45, 2.75) is 12.5 Å². The number of hydrogen-bond donors (Lipinski definition) is 2. The summed E-state index contributed by atoms with van der Waals surface area (Å²) < 4.78 is 5.40. The Labute approximate surface area is 146 Å². The lowest BCUT2D eigenvalue weighted by Gasteiger charge is -2.23. The topological polar surface area (TPSA) is 97.5 Å². The van der Waals surface area contributed by atoms with Crippen molar-refractivity contribution in [3.8, 4) is 5.75 Å². The molecule has 0 bridgehead atoms. The van der Waals surface area contributed by atoms with E-state index in [-0.39, 0.29) is 18.9 Å². The summed E-state index contributed by atoms with van der Waals surface area (Å²) in [5, 5.41) is 2.89. The number of nitrogens with one attached hydrogen (secondary N) is 1. The van der Waals surface area contributed by atoms with Crippen LogP contribution >= 0.6 is 0 Å². The lowest BCUT2D eigenvalue weighted by atomic mass is 10.1. The number of rotatable bonds is 8. The molecule has 1 heterocycles. The highest BCUT2D eigenvalue weighted by Crippen LogP contribution is 2.21. The van der Waals surface area contributed by atoms with Gasteiger partial charge in [-0.25, -0.2) is 0 Å². The normalized spacial score (nSPS) is 11.8. The molecule has 0 aliphatic rings. The summed E-state index contributed by atoms with van der Waals surface area (Å²) in [5.74, 6) is 0.0464. The Morgan fingerprint density at radius 2 is 1.96 bits per heavy atom. The number of nitrogens with two attached hydrogens (primary N) is 1. The average Bonchev–Trinajstić information content (AvgIpc) is 2.57. The number of aromatic nitrogens is 1. The summed E-state index contributed by atoms with van der Waals surface area (Å²) >= 11 is 0. The molecule has 0 aliphatic carbocycles. The van der Waals surface area contributed by atoms with Crippen molar-refractivity contribution >= 4 is 17.5 Å². The molecule has 0 aliphatic heterocycles. The van der Waals surface area contributed by atoms with Crippen molar-refractivity contribution in [2.75, 3.05) is 26.0 Å². The molecular weight excluding hydrogens is 320 g/mol. The second-order valence-corrected chi connectivity index (χ2v) is 5.73. The van der Waals surface area contributed by atoms with Crippen molar-refractivity contribution in [1.82, 2.24) is 9.88 Å². The first-order valence-corrected chi connectivity index (χ1v) is 7.86. The van der Waals surface area contributed by atoms with Gasteiger partial charge < -0.3 is 15.8 Å². The van der Waals surface area contributed by atoms with Gasteiger partial charge >= 0.3 is 0 Å². The zero-order valence-electron chi connectivity index (χ0n) is 14.3. The van der Waals surface area contributed by atoms with Gasteiger partial charge in [0.1, 0.15) is 11.8 Å². The molecule has 1 aromatic heterocycles. The van der Waals surface area contributed by atoms with Gasteiger partial charge in [-0.2, -0.15) is 0 Å². The van der Waals surface area contributed by atoms with Crippen LogP contribution in [0.4, 0.5) is 5.69 Å². The van der Waals surface area contributed by atoms with Crippen LogP contribution in [-0.4, -0.2) is 42.4 Å². The average molecular weight is 342 g/mol. The van der Waals surface area contributed by atoms with Crippen LogP contribution < -0.4 is 15.8 Å². The lowest BCUT2D eigenvalue weighted by Crippen LogP contribution is -2.32. The molecule has 0 saturated carbocycles. The van der Waals surface area contributed by atoms with E-state index in [1.54, 1.807) is 42.7 Å². The largest absolute Gasteiger partial charge is 0.493 e. The fourth-order valence-corrected chi connectivity index (χ4v) is 2.34. The van der Waals surface area contributed by atoms with Crippen molar-refractivity contribution in [3.05, 3.63) is 54.4 Å². The highest BCUT2D eigenvalue weighted by molar-refractivity contribution is 5.95. The number of carbonyl (C=O) groups is 2. The Morgan fingerprint density at radius 1 is 1.24 bits per heavy atom. The minimum atomic E-state index is -0.444. The summed E-state index contributed by atoms with van der Waals surface area (Å²) in [6.07, 6.45) is 3.51. The third kappa shape index (κ3) is 5.58. The van der Waals surface area contributed by atoms with Gasteiger partial charge in [0.25, 0.3) is 0 Å². The van der Waals surface area contributed by atoms with Crippen molar-refractivity contribution < 1.29 is 14.3 Å². The fourth-order valence-electron chi connectivity index (χ4n) is 2.34. The minimum Gasteiger partial charge on any atom is -0.493 e. The Hall–Kier alpha value is -2.93. The second kappa shape index (κ2) is 8.79. The van der Waals surface area contributed by atoms with Gasteiger partial charge in [-0.15, -0.1) is 0 Å². The minimum absolute atomic E-state index is 0.152. The van der Waals surface area contributed by atoms with Crippen LogP contribution in [0.5, 0.6) is 5.75 Å². The van der Waals surface area contributed by atoms with Gasteiger partial charge in [0.05, 0.1) is 13.0 Å². The molecule has 2 rings (SSSR count). The molecule has 1 atom stereocenters. The number of nitrogens with zero attached hydrogens (tertiary/aromatic N) is 2. The molecule has 0 unspecified atom stereocenters. The van der Waals surface area contributed by atoms with E-state index < -0.39 is 11.9 Å². The number of ether oxygens (including phenoxy) is 1. The van der Waals surface area contributed by atoms with E-state index in [2.05, 4.69) is 10.3 Å². The maximum absolute atomic E-state index is 12.6. The summed E-state index contributed by atoms with van der Waals surface area (Å²) in [5.41, 5.74) is 6.53. The molecule has 25 heavy (non-hydrogen) atoms. The molecule has 132 valence electrons. The van der Waals surface area contributed by atoms with Gasteiger partial charge in [-0.05, 0) is 50.0 Å². The zero-order valence-corrected chi connectivity index (χ0v) is 14.3. The maximum atomic E-state index is 12.6. The lowest BCUT2D eigenvalue weighted by molar-refractivity contribution is -0.120. The number of hydrogen-bond acceptors (Lipinski definition) is 5. The third-order valence-corrected chi connectivity index (χ3v) is 3.50. The van der Waals surface area contributed by atoms with Crippen LogP contribution in [-0.2, 0) is 9.59 Å². The monoisotopic (exact) mass is 342 g/mol. The molecule has 2 aromatic rings. The molecule has 0 spiro atoms. The van der Waals surface area contributed by atoms with Crippen LogP contribution in [0.2, 0.25) is 0 Å². The number of likely N-dealkylation sites (N-methyl/N-ethyl adjacent to an activating group) is 1. The predicted molar refractivity (Wildman–Crippen MR) is 95.0 cm³/mol. The summed E-state index contributed by atoms with van der Waals surface area (Å²) in [6, 6.07) is 10.2. The van der Waals surface area contributed by atoms with Crippen molar-refractivity contribution in [2.24, 2.45) is 5.73 Å². The molecule has 0 fully saturated rings. The van der Waals surface area contributed by atoms with E-state index in [1.165, 1.54) is 0 Å². The summed E-state index contributed by atoms with van der Waals surface area (Å²) in [4.78, 5) is 29.2. The Morgan fingerprint density at radius 3 is 2.52 bits per heavy atom. The quantitative estimate of drug-likeness (QED) is 0.759. The number of anilines is 1. The smallest absolute Gasteiger partial charge is 0.246 e. The maximum Gasteiger partial charge on any atom is 0.246 e. The Bertz CT molecular complexity index is 702. The number of pyridine rings is 1. The first-order chi connectivity index (χ1) is 12.0. The van der Waals surface area contributed by atoms with Gasteiger partial charge in [0, 0.05) is 18.1 Å². The summed E-state index contributed by atoms with van der Waals surface area (Å²) in [6.45, 7) is 0.227. The first-order valence-electron chi connectivity index (χ1n) is 7.86. The number of benzene rings is 1. The molecule has 1 aromatic carbocycles. The van der Waals surface area contributed by atoms with Gasteiger partial charge in [0.15, 0.2) is 0 Å². The summed E-state index contributed by atoms with van der Waals surface area (Å²) in [7, 11) is 3.68. The van der Waals surface area contributed by atoms with E-state index in [0.717, 1.165) is 5.56 Å². The Balaban J connectivity index is 2.00. The highest BCUT2D eigenvalue weighted by Gasteiger charge is 2.23. The third-order valence-electron chi connectivity index (χ3n) is 3.50. The van der Waals surface area contributed by atoms with E-state index in [1.807, 2.05) is 25.1 Å². The van der Waals surface area contributed by atoms with E-state index >= 15 is 0 Å². The molecule has 7 heteroatoms. The van der Waals surface area contributed by atoms with Crippen LogP contribution in [0.3, 0.4) is 0 Å². The van der Waals surface area contributed by atoms with Crippen LogP contribution in [0, 0.1) is 0 Å². The molecular formula is C18H22N4O3. The fraction of sp³-hybridized carbons (Fsp3) is 0.278.